The molecule has 2 N–H and O–H groups in total. The molecular weight excluding hydrogens is 472 g/mol. The van der Waals surface area contributed by atoms with Gasteiger partial charge in [-0.15, -0.1) is 0 Å². The number of aromatic amines is 1. The van der Waals surface area contributed by atoms with Gasteiger partial charge in [-0.2, -0.15) is 0 Å². The van der Waals surface area contributed by atoms with E-state index in [1.54, 1.807) is 6.08 Å². The van der Waals surface area contributed by atoms with Gasteiger partial charge < -0.3 is 14.8 Å². The Kier molecular flexibility index (Phi) is 7.40. The Bertz CT molecular complexity index is 1390. The first-order chi connectivity index (χ1) is 17.6. The fourth-order valence-electron chi connectivity index (χ4n) is 5.13. The number of fused-ring (bicyclic) bond motifs is 2. The Morgan fingerprint density at radius 1 is 1.11 bits per heavy atom. The van der Waals surface area contributed by atoms with Gasteiger partial charge in [0, 0.05) is 42.3 Å². The highest BCUT2D eigenvalue weighted by Gasteiger charge is 2.28. The smallest absolute Gasteiger partial charge is 0.328 e. The van der Waals surface area contributed by atoms with Crippen LogP contribution < -0.4 is 4.74 Å². The number of rotatable bonds is 10. The van der Waals surface area contributed by atoms with Crippen molar-refractivity contribution in [1.29, 1.82) is 0 Å². The Labute approximate surface area is 216 Å². The van der Waals surface area contributed by atoms with E-state index < -0.39 is 5.97 Å². The second-order valence-electron chi connectivity index (χ2n) is 9.11. The normalized spacial score (nSPS) is 15.1. The summed E-state index contributed by atoms with van der Waals surface area (Å²) in [6.07, 6.45) is 7.90. The number of nitrogens with zero attached hydrogens (tertiary/aromatic N) is 1. The second-order valence-corrected chi connectivity index (χ2v) is 9.52. The summed E-state index contributed by atoms with van der Waals surface area (Å²) in [5.74, 6) is -0.229. The van der Waals surface area contributed by atoms with Gasteiger partial charge in [0.1, 0.15) is 12.4 Å². The molecule has 1 unspecified atom stereocenters. The zero-order chi connectivity index (χ0) is 24.9. The minimum absolute atomic E-state index is 0.289. The number of halogens is 1. The van der Waals surface area contributed by atoms with Gasteiger partial charge in [0.25, 0.3) is 0 Å². The maximum atomic E-state index is 10.9. The lowest BCUT2D eigenvalue weighted by Crippen LogP contribution is -2.33. The number of H-pyrrole nitrogens is 1. The number of aliphatic carboxylic acids is 1. The van der Waals surface area contributed by atoms with Crippen LogP contribution in [0.1, 0.15) is 34.7 Å². The Balaban J connectivity index is 1.34. The van der Waals surface area contributed by atoms with E-state index in [1.807, 2.05) is 30.3 Å². The fourth-order valence-corrected chi connectivity index (χ4v) is 5.32. The van der Waals surface area contributed by atoms with Gasteiger partial charge in [-0.05, 0) is 65.8 Å². The van der Waals surface area contributed by atoms with Crippen molar-refractivity contribution in [2.45, 2.75) is 25.3 Å². The second kappa shape index (κ2) is 11.0. The number of hydrogen-bond acceptors (Lipinski definition) is 3. The summed E-state index contributed by atoms with van der Waals surface area (Å²) in [6, 6.07) is 22.6. The third-order valence-electron chi connectivity index (χ3n) is 6.89. The minimum atomic E-state index is -0.935. The zero-order valence-corrected chi connectivity index (χ0v) is 20.7. The first kappa shape index (κ1) is 24.2. The number of carboxylic acids is 1. The van der Waals surface area contributed by atoms with Crippen LogP contribution in [0, 0.1) is 0 Å². The molecule has 0 spiro atoms. The molecule has 3 aromatic carbocycles. The van der Waals surface area contributed by atoms with Crippen LogP contribution in [-0.4, -0.2) is 40.7 Å². The number of aromatic nitrogens is 1. The minimum Gasteiger partial charge on any atom is -0.491 e. The number of hydrogen-bond donors (Lipinski definition) is 2. The number of benzene rings is 3. The van der Waals surface area contributed by atoms with Crippen molar-refractivity contribution < 1.29 is 14.6 Å². The molecule has 5 rings (SSSR count). The third kappa shape index (κ3) is 5.48. The number of ether oxygens (including phenoxy) is 1. The van der Waals surface area contributed by atoms with Crippen LogP contribution in [-0.2, 0) is 17.6 Å². The Morgan fingerprint density at radius 3 is 2.81 bits per heavy atom. The summed E-state index contributed by atoms with van der Waals surface area (Å²) < 4.78 is 6.05. The van der Waals surface area contributed by atoms with Crippen LogP contribution in [0.15, 0.2) is 79.0 Å². The van der Waals surface area contributed by atoms with Crippen LogP contribution in [0.4, 0.5) is 0 Å². The summed E-state index contributed by atoms with van der Waals surface area (Å²) in [4.78, 5) is 16.8. The van der Waals surface area contributed by atoms with Gasteiger partial charge in [0.15, 0.2) is 0 Å². The molecule has 1 heterocycles. The van der Waals surface area contributed by atoms with E-state index in [0.29, 0.717) is 17.4 Å². The van der Waals surface area contributed by atoms with Crippen LogP contribution >= 0.6 is 11.6 Å². The number of carbonyl (C=O) groups is 1. The molecular formula is C30H29ClN2O3. The average molecular weight is 501 g/mol. The van der Waals surface area contributed by atoms with Gasteiger partial charge in [0.2, 0.25) is 0 Å². The van der Waals surface area contributed by atoms with E-state index in [9.17, 15) is 4.79 Å². The maximum absolute atomic E-state index is 10.9. The van der Waals surface area contributed by atoms with E-state index in [4.69, 9.17) is 21.4 Å². The standard InChI is InChI=1S/C30H29ClN2O3/c31-26-6-2-4-8-29(26)36-18-17-33(16-15-23-20-32-27-7-3-1-5-24(23)27)28-13-11-22-19-21(9-12-25(22)28)10-14-30(34)35/h1-10,12,14,19-20,28,32H,11,13,15-18H2,(H,34,35)/b14-10+. The summed E-state index contributed by atoms with van der Waals surface area (Å²) >= 11 is 6.29. The van der Waals surface area contributed by atoms with Crippen LogP contribution in [0.2, 0.25) is 5.02 Å². The van der Waals surface area contributed by atoms with E-state index in [-0.39, 0.29) is 6.04 Å². The first-order valence-electron chi connectivity index (χ1n) is 12.3. The molecule has 36 heavy (non-hydrogen) atoms. The average Bonchev–Trinajstić information content (AvgIpc) is 3.50. The Hall–Kier alpha value is -3.54. The van der Waals surface area contributed by atoms with Crippen LogP contribution in [0.25, 0.3) is 17.0 Å². The van der Waals surface area contributed by atoms with E-state index in [2.05, 4.69) is 52.5 Å². The highest BCUT2D eigenvalue weighted by atomic mass is 35.5. The molecule has 0 radical (unpaired) electrons. The fraction of sp³-hybridized carbons (Fsp3) is 0.233. The van der Waals surface area contributed by atoms with Crippen molar-refractivity contribution in [2.24, 2.45) is 0 Å². The molecule has 0 aliphatic heterocycles. The lowest BCUT2D eigenvalue weighted by molar-refractivity contribution is -0.131. The first-order valence-corrected chi connectivity index (χ1v) is 12.7. The molecule has 0 amide bonds. The zero-order valence-electron chi connectivity index (χ0n) is 20.0. The molecule has 0 saturated heterocycles. The molecule has 1 atom stereocenters. The topological polar surface area (TPSA) is 65.6 Å². The Morgan fingerprint density at radius 2 is 1.94 bits per heavy atom. The molecule has 6 heteroatoms. The van der Waals surface area contributed by atoms with Gasteiger partial charge in [-0.3, -0.25) is 4.90 Å². The van der Waals surface area contributed by atoms with Crippen molar-refractivity contribution in [3.05, 3.63) is 106 Å². The van der Waals surface area contributed by atoms with Crippen molar-refractivity contribution >= 4 is 34.5 Å². The van der Waals surface area contributed by atoms with Gasteiger partial charge in [-0.1, -0.05) is 60.1 Å². The molecule has 0 bridgehead atoms. The highest BCUT2D eigenvalue weighted by molar-refractivity contribution is 6.32. The summed E-state index contributed by atoms with van der Waals surface area (Å²) in [5.41, 5.74) is 6.00. The molecule has 0 saturated carbocycles. The van der Waals surface area contributed by atoms with E-state index in [1.165, 1.54) is 28.2 Å². The van der Waals surface area contributed by atoms with Gasteiger partial charge >= 0.3 is 5.97 Å². The molecule has 1 aliphatic carbocycles. The number of carboxylic acid groups (broad SMARTS) is 1. The molecule has 184 valence electrons. The van der Waals surface area contributed by atoms with Crippen molar-refractivity contribution in [3.8, 4) is 5.75 Å². The number of para-hydroxylation sites is 2. The lowest BCUT2D eigenvalue weighted by Gasteiger charge is -2.30. The third-order valence-corrected chi connectivity index (χ3v) is 7.20. The van der Waals surface area contributed by atoms with Gasteiger partial charge in [-0.25, -0.2) is 4.79 Å². The summed E-state index contributed by atoms with van der Waals surface area (Å²) in [5, 5.41) is 10.8. The molecule has 1 aromatic heterocycles. The van der Waals surface area contributed by atoms with Crippen LogP contribution in [0.5, 0.6) is 5.75 Å². The summed E-state index contributed by atoms with van der Waals surface area (Å²) in [7, 11) is 0. The summed E-state index contributed by atoms with van der Waals surface area (Å²) in [6.45, 7) is 2.22. The van der Waals surface area contributed by atoms with Crippen molar-refractivity contribution in [1.82, 2.24) is 9.88 Å². The molecule has 1 aliphatic rings. The van der Waals surface area contributed by atoms with Crippen molar-refractivity contribution in [3.63, 3.8) is 0 Å². The number of aryl methyl sites for hydroxylation is 1. The SMILES string of the molecule is O=C(O)/C=C/c1ccc2c(c1)CCC2N(CCOc1ccccc1Cl)CCc1c[nH]c2ccccc12. The molecule has 0 fully saturated rings. The predicted octanol–water partition coefficient (Wildman–Crippen LogP) is 6.53. The predicted molar refractivity (Wildman–Crippen MR) is 145 cm³/mol. The quantitative estimate of drug-likeness (QED) is 0.243. The van der Waals surface area contributed by atoms with Crippen molar-refractivity contribution in [2.75, 3.05) is 19.7 Å². The van der Waals surface area contributed by atoms with E-state index in [0.717, 1.165) is 43.4 Å². The van der Waals surface area contributed by atoms with Crippen LogP contribution in [0.3, 0.4) is 0 Å². The molecule has 5 nitrogen and oxygen atoms in total. The largest absolute Gasteiger partial charge is 0.491 e. The monoisotopic (exact) mass is 500 g/mol. The highest BCUT2D eigenvalue weighted by Crippen LogP contribution is 2.37. The maximum Gasteiger partial charge on any atom is 0.328 e. The molecule has 4 aromatic rings. The van der Waals surface area contributed by atoms with E-state index >= 15 is 0 Å². The lowest BCUT2D eigenvalue weighted by atomic mass is 10.0. The van der Waals surface area contributed by atoms with Gasteiger partial charge in [0.05, 0.1) is 5.02 Å². The number of nitrogens with one attached hydrogen (secondary N) is 1.